The van der Waals surface area contributed by atoms with Crippen LogP contribution in [-0.2, 0) is 15.3 Å². The molecule has 0 spiro atoms. The van der Waals surface area contributed by atoms with Crippen LogP contribution in [0.25, 0.3) is 10.9 Å². The molecule has 2 fully saturated rings. The molecule has 2 aliphatic heterocycles. The minimum Gasteiger partial charge on any atom is -0.434 e. The zero-order chi connectivity index (χ0) is 23.0. The molecule has 0 radical (unpaired) electrons. The number of benzene rings is 1. The molecule has 0 unspecified atom stereocenters. The van der Waals surface area contributed by atoms with Gasteiger partial charge in [0.15, 0.2) is 5.72 Å². The molecule has 6 nitrogen and oxygen atoms in total. The Morgan fingerprint density at radius 2 is 1.85 bits per heavy atom. The smallest absolute Gasteiger partial charge is 0.357 e. The van der Waals surface area contributed by atoms with Crippen molar-refractivity contribution in [3.05, 3.63) is 30.0 Å². The fraction of sp³-hybridized carbons (Fsp3) is 0.600. The summed E-state index contributed by atoms with van der Waals surface area (Å²) in [5.74, 6) is 0.359. The van der Waals surface area contributed by atoms with Gasteiger partial charge in [-0.1, -0.05) is 32.1 Å². The van der Waals surface area contributed by atoms with Gasteiger partial charge in [0.1, 0.15) is 5.69 Å². The number of halogens is 3. The summed E-state index contributed by atoms with van der Waals surface area (Å²) in [5, 5.41) is 7.16. The van der Waals surface area contributed by atoms with Crippen molar-refractivity contribution >= 4 is 40.9 Å². The number of hydrogen-bond acceptors (Lipinski definition) is 4. The highest BCUT2D eigenvalue weighted by atomic mass is 35.5. The molecule has 2 atom stereocenters. The Bertz CT molecular complexity index is 1050. The van der Waals surface area contributed by atoms with Gasteiger partial charge in [-0.3, -0.25) is 18.1 Å². The van der Waals surface area contributed by atoms with Crippen molar-refractivity contribution in [1.82, 2.24) is 9.88 Å². The number of esters is 1. The molecule has 1 saturated heterocycles. The molecule has 1 aliphatic carbocycles. The van der Waals surface area contributed by atoms with Crippen LogP contribution in [0.3, 0.4) is 0 Å². The molecule has 186 valence electrons. The molecule has 5 rings (SSSR count). The number of alkyl halides is 2. The lowest BCUT2D eigenvalue weighted by Gasteiger charge is -2.30. The average Bonchev–Trinajstić information content (AvgIpc) is 3.50. The van der Waals surface area contributed by atoms with Gasteiger partial charge in [0, 0.05) is 23.9 Å². The molecule has 1 aromatic carbocycles. The Morgan fingerprint density at radius 3 is 2.56 bits per heavy atom. The number of carbonyl (C=O) groups is 2. The van der Waals surface area contributed by atoms with Gasteiger partial charge in [-0.15, -0.1) is 12.4 Å². The highest BCUT2D eigenvalue weighted by molar-refractivity contribution is 6.01. The molecule has 2 aromatic rings. The van der Waals surface area contributed by atoms with Crippen LogP contribution in [0.15, 0.2) is 24.3 Å². The molecular formula is C25H32ClF2N3O3. The number of carbonyl (C=O) groups excluding carboxylic acids is 2. The summed E-state index contributed by atoms with van der Waals surface area (Å²) >= 11 is 0. The summed E-state index contributed by atoms with van der Waals surface area (Å²) in [7, 11) is 0. The summed E-state index contributed by atoms with van der Waals surface area (Å²) in [6.07, 6.45) is 7.02. The van der Waals surface area contributed by atoms with E-state index in [9.17, 15) is 18.4 Å². The monoisotopic (exact) mass is 495 g/mol. The number of amides is 1. The Morgan fingerprint density at radius 1 is 1.12 bits per heavy atom. The summed E-state index contributed by atoms with van der Waals surface area (Å²) in [6.45, 7) is -0.591. The SMILES string of the molecule is Cl.O=C1OC(CCF)(CCF)n2c1cc1cc(NC(=O)[C@H]3NCC[C@H]3C3CCCCC3)ccc12. The van der Waals surface area contributed by atoms with Crippen LogP contribution in [0.1, 0.15) is 61.9 Å². The second-order valence-corrected chi connectivity index (χ2v) is 9.62. The number of hydrogen-bond donors (Lipinski definition) is 2. The zero-order valence-corrected chi connectivity index (χ0v) is 20.0. The summed E-state index contributed by atoms with van der Waals surface area (Å²) in [4.78, 5) is 25.6. The van der Waals surface area contributed by atoms with Crippen molar-refractivity contribution in [1.29, 1.82) is 0 Å². The molecule has 34 heavy (non-hydrogen) atoms. The standard InChI is InChI=1S/C25H31F2N3O3.ClH/c26-11-9-25(10-12-27)30-20-7-6-18(14-17(20)15-21(30)24(32)33-25)29-23(31)22-19(8-13-28-22)16-4-2-1-3-5-16;/h6-7,14-16,19,22,28H,1-5,8-13H2,(H,29,31);1H/t19-,22-;/m0./s1. The Labute approximate surface area is 204 Å². The maximum Gasteiger partial charge on any atom is 0.357 e. The van der Waals surface area contributed by atoms with E-state index in [0.717, 1.165) is 18.4 Å². The van der Waals surface area contributed by atoms with Gasteiger partial charge in [-0.05, 0) is 49.1 Å². The Kier molecular flexibility index (Phi) is 7.48. The molecule has 1 aromatic heterocycles. The minimum atomic E-state index is -1.34. The Balaban J connectivity index is 0.00000274. The van der Waals surface area contributed by atoms with Gasteiger partial charge in [0.05, 0.1) is 24.9 Å². The first-order valence-electron chi connectivity index (χ1n) is 12.1. The second-order valence-electron chi connectivity index (χ2n) is 9.62. The van der Waals surface area contributed by atoms with Crippen LogP contribution in [0, 0.1) is 11.8 Å². The first-order chi connectivity index (χ1) is 16.1. The van der Waals surface area contributed by atoms with E-state index in [4.69, 9.17) is 4.74 Å². The summed E-state index contributed by atoms with van der Waals surface area (Å²) < 4.78 is 33.6. The van der Waals surface area contributed by atoms with E-state index in [-0.39, 0.29) is 42.9 Å². The van der Waals surface area contributed by atoms with Crippen LogP contribution in [-0.4, -0.2) is 42.4 Å². The third-order valence-corrected chi connectivity index (χ3v) is 7.75. The van der Waals surface area contributed by atoms with Crippen molar-refractivity contribution in [3.8, 4) is 0 Å². The van der Waals surface area contributed by atoms with Crippen LogP contribution in [0.2, 0.25) is 0 Å². The number of anilines is 1. The topological polar surface area (TPSA) is 72.4 Å². The van der Waals surface area contributed by atoms with Crippen molar-refractivity contribution in [3.63, 3.8) is 0 Å². The molecule has 3 aliphatic rings. The number of fused-ring (bicyclic) bond motifs is 3. The number of ether oxygens (including phenoxy) is 1. The first kappa shape index (κ1) is 24.9. The highest BCUT2D eigenvalue weighted by Crippen LogP contribution is 2.41. The van der Waals surface area contributed by atoms with Crippen LogP contribution in [0.4, 0.5) is 14.5 Å². The van der Waals surface area contributed by atoms with Crippen LogP contribution < -0.4 is 10.6 Å². The lowest BCUT2D eigenvalue weighted by Crippen LogP contribution is -2.42. The molecule has 1 saturated carbocycles. The first-order valence-corrected chi connectivity index (χ1v) is 12.1. The summed E-state index contributed by atoms with van der Waals surface area (Å²) in [5.41, 5.74) is 0.242. The van der Waals surface area contributed by atoms with E-state index >= 15 is 0 Å². The van der Waals surface area contributed by atoms with E-state index in [2.05, 4.69) is 10.6 Å². The molecule has 2 N–H and O–H groups in total. The van der Waals surface area contributed by atoms with Gasteiger partial charge in [-0.25, -0.2) is 4.79 Å². The predicted octanol–water partition coefficient (Wildman–Crippen LogP) is 5.10. The molecule has 0 bridgehead atoms. The normalized spacial score (nSPS) is 24.0. The maximum atomic E-state index is 13.3. The van der Waals surface area contributed by atoms with Crippen LogP contribution >= 0.6 is 12.4 Å². The van der Waals surface area contributed by atoms with Gasteiger partial charge >= 0.3 is 5.97 Å². The van der Waals surface area contributed by atoms with Gasteiger partial charge in [0.25, 0.3) is 0 Å². The largest absolute Gasteiger partial charge is 0.434 e. The second kappa shape index (κ2) is 10.2. The van der Waals surface area contributed by atoms with Crippen molar-refractivity contribution in [2.24, 2.45) is 11.8 Å². The highest BCUT2D eigenvalue weighted by Gasteiger charge is 2.46. The van der Waals surface area contributed by atoms with E-state index in [0.29, 0.717) is 23.0 Å². The molecule has 3 heterocycles. The molecule has 9 heteroatoms. The van der Waals surface area contributed by atoms with E-state index in [1.807, 2.05) is 6.07 Å². The number of nitrogens with one attached hydrogen (secondary N) is 2. The molecule has 1 amide bonds. The maximum absolute atomic E-state index is 13.3. The van der Waals surface area contributed by atoms with Crippen molar-refractivity contribution in [2.75, 3.05) is 25.2 Å². The number of cyclic esters (lactones) is 1. The Hall–Kier alpha value is -2.19. The third kappa shape index (κ3) is 4.31. The van der Waals surface area contributed by atoms with Gasteiger partial charge in [0.2, 0.25) is 5.91 Å². The van der Waals surface area contributed by atoms with E-state index < -0.39 is 25.0 Å². The average molecular weight is 496 g/mol. The number of rotatable bonds is 7. The molecular weight excluding hydrogens is 464 g/mol. The van der Waals surface area contributed by atoms with Crippen molar-refractivity contribution in [2.45, 2.75) is 63.1 Å². The minimum absolute atomic E-state index is 0. The predicted molar refractivity (Wildman–Crippen MR) is 129 cm³/mol. The number of nitrogens with zero attached hydrogens (tertiary/aromatic N) is 1. The number of aromatic nitrogens is 1. The lowest BCUT2D eigenvalue weighted by atomic mass is 9.76. The van der Waals surface area contributed by atoms with E-state index in [1.54, 1.807) is 22.8 Å². The fourth-order valence-electron chi connectivity index (χ4n) is 6.20. The lowest BCUT2D eigenvalue weighted by molar-refractivity contribution is -0.119. The summed E-state index contributed by atoms with van der Waals surface area (Å²) in [6, 6.07) is 6.84. The van der Waals surface area contributed by atoms with Crippen LogP contribution in [0.5, 0.6) is 0 Å². The quantitative estimate of drug-likeness (QED) is 0.524. The van der Waals surface area contributed by atoms with E-state index in [1.165, 1.54) is 32.1 Å². The van der Waals surface area contributed by atoms with Crippen molar-refractivity contribution < 1.29 is 23.1 Å². The van der Waals surface area contributed by atoms with Gasteiger partial charge < -0.3 is 15.4 Å². The van der Waals surface area contributed by atoms with Gasteiger partial charge in [-0.2, -0.15) is 0 Å². The zero-order valence-electron chi connectivity index (χ0n) is 19.2. The third-order valence-electron chi connectivity index (χ3n) is 7.75. The fourth-order valence-corrected chi connectivity index (χ4v) is 6.20.